The third kappa shape index (κ3) is 2.23. The van der Waals surface area contributed by atoms with Gasteiger partial charge in [0.15, 0.2) is 0 Å². The Morgan fingerprint density at radius 2 is 1.90 bits per heavy atom. The number of nitrogens with two attached hydrogens (primary N) is 1. The first kappa shape index (κ1) is 12.3. The Labute approximate surface area is 116 Å². The van der Waals surface area contributed by atoms with Gasteiger partial charge in [-0.2, -0.15) is 0 Å². The SMILES string of the molecule is Nc1c(O)c(CNc2ccccn2)cc2ccccc12. The molecule has 0 saturated carbocycles. The Morgan fingerprint density at radius 1 is 1.10 bits per heavy atom. The van der Waals surface area contributed by atoms with E-state index in [1.807, 2.05) is 48.5 Å². The van der Waals surface area contributed by atoms with E-state index in [4.69, 9.17) is 5.73 Å². The molecule has 4 N–H and O–H groups in total. The molecule has 0 aliphatic heterocycles. The van der Waals surface area contributed by atoms with E-state index in [0.717, 1.165) is 22.2 Å². The predicted octanol–water partition coefficient (Wildman–Crippen LogP) is 3.13. The lowest BCUT2D eigenvalue weighted by Gasteiger charge is -2.12. The van der Waals surface area contributed by atoms with Crippen LogP contribution in [-0.4, -0.2) is 10.1 Å². The second kappa shape index (κ2) is 5.09. The molecule has 1 heterocycles. The molecule has 4 heteroatoms. The summed E-state index contributed by atoms with van der Waals surface area (Å²) in [7, 11) is 0. The van der Waals surface area contributed by atoms with Crippen LogP contribution in [0.15, 0.2) is 54.7 Å². The van der Waals surface area contributed by atoms with Crippen molar-refractivity contribution in [3.63, 3.8) is 0 Å². The molecule has 0 atom stereocenters. The predicted molar refractivity (Wildman–Crippen MR) is 81.6 cm³/mol. The summed E-state index contributed by atoms with van der Waals surface area (Å²) in [5, 5.41) is 15.2. The van der Waals surface area contributed by atoms with Gasteiger partial charge in [-0.15, -0.1) is 0 Å². The second-order valence-electron chi connectivity index (χ2n) is 4.59. The van der Waals surface area contributed by atoms with Crippen LogP contribution < -0.4 is 11.1 Å². The van der Waals surface area contributed by atoms with Crippen molar-refractivity contribution in [2.75, 3.05) is 11.1 Å². The number of phenols is 1. The fourth-order valence-electron chi connectivity index (χ4n) is 2.21. The zero-order valence-corrected chi connectivity index (χ0v) is 10.9. The largest absolute Gasteiger partial charge is 0.505 e. The normalized spacial score (nSPS) is 10.6. The van der Waals surface area contributed by atoms with Crippen LogP contribution in [0.5, 0.6) is 5.75 Å². The Hall–Kier alpha value is -2.75. The minimum Gasteiger partial charge on any atom is -0.505 e. The lowest BCUT2D eigenvalue weighted by molar-refractivity contribution is 0.472. The number of pyridine rings is 1. The maximum absolute atomic E-state index is 10.2. The van der Waals surface area contributed by atoms with Gasteiger partial charge in [-0.1, -0.05) is 30.3 Å². The number of nitrogens with one attached hydrogen (secondary N) is 1. The van der Waals surface area contributed by atoms with Gasteiger partial charge >= 0.3 is 0 Å². The lowest BCUT2D eigenvalue weighted by Crippen LogP contribution is -2.02. The standard InChI is InChI=1S/C16H15N3O/c17-15-13-6-2-1-5-11(13)9-12(16(15)20)10-19-14-7-3-4-8-18-14/h1-9,20H,10,17H2,(H,18,19). The second-order valence-corrected chi connectivity index (χ2v) is 4.59. The molecule has 3 aromatic rings. The van der Waals surface area contributed by atoms with Crippen molar-refractivity contribution < 1.29 is 5.11 Å². The molecule has 0 aliphatic rings. The number of nitrogens with zero attached hydrogens (tertiary/aromatic N) is 1. The maximum Gasteiger partial charge on any atom is 0.144 e. The fourth-order valence-corrected chi connectivity index (χ4v) is 2.21. The minimum absolute atomic E-state index is 0.132. The number of aromatic hydroxyl groups is 1. The summed E-state index contributed by atoms with van der Waals surface area (Å²) < 4.78 is 0. The Kier molecular flexibility index (Phi) is 3.13. The molecule has 0 radical (unpaired) electrons. The molecule has 4 nitrogen and oxygen atoms in total. The molecular weight excluding hydrogens is 250 g/mol. The lowest BCUT2D eigenvalue weighted by atomic mass is 10.0. The quantitative estimate of drug-likeness (QED) is 0.502. The number of fused-ring (bicyclic) bond motifs is 1. The molecule has 1 aromatic heterocycles. The van der Waals surface area contributed by atoms with Crippen LogP contribution in [-0.2, 0) is 6.54 Å². The first-order valence-corrected chi connectivity index (χ1v) is 6.39. The Balaban J connectivity index is 1.94. The van der Waals surface area contributed by atoms with Gasteiger partial charge in [-0.05, 0) is 23.6 Å². The van der Waals surface area contributed by atoms with Crippen molar-refractivity contribution in [2.24, 2.45) is 0 Å². The molecule has 0 amide bonds. The van der Waals surface area contributed by atoms with Crippen molar-refractivity contribution in [3.8, 4) is 5.75 Å². The number of benzene rings is 2. The third-order valence-corrected chi connectivity index (χ3v) is 3.26. The van der Waals surface area contributed by atoms with E-state index >= 15 is 0 Å². The van der Waals surface area contributed by atoms with E-state index in [0.29, 0.717) is 12.2 Å². The monoisotopic (exact) mass is 265 g/mol. The van der Waals surface area contributed by atoms with E-state index in [1.54, 1.807) is 6.20 Å². The summed E-state index contributed by atoms with van der Waals surface area (Å²) in [6.45, 7) is 0.470. The zero-order chi connectivity index (χ0) is 13.9. The number of hydrogen-bond donors (Lipinski definition) is 3. The summed E-state index contributed by atoms with van der Waals surface area (Å²) in [4.78, 5) is 4.18. The van der Waals surface area contributed by atoms with Crippen LogP contribution in [0.2, 0.25) is 0 Å². The van der Waals surface area contributed by atoms with Gasteiger partial charge in [-0.25, -0.2) is 4.98 Å². The summed E-state index contributed by atoms with van der Waals surface area (Å²) in [5.41, 5.74) is 7.17. The molecule has 0 spiro atoms. The number of hydrogen-bond acceptors (Lipinski definition) is 4. The summed E-state index contributed by atoms with van der Waals surface area (Å²) in [6.07, 6.45) is 1.72. The molecular formula is C16H15N3O. The highest BCUT2D eigenvalue weighted by Crippen LogP contribution is 2.33. The van der Waals surface area contributed by atoms with Crippen molar-refractivity contribution >= 4 is 22.3 Å². The van der Waals surface area contributed by atoms with Gasteiger partial charge in [0.1, 0.15) is 11.6 Å². The third-order valence-electron chi connectivity index (χ3n) is 3.26. The minimum atomic E-state index is 0.132. The van der Waals surface area contributed by atoms with E-state index in [-0.39, 0.29) is 5.75 Å². The molecule has 20 heavy (non-hydrogen) atoms. The topological polar surface area (TPSA) is 71.2 Å². The van der Waals surface area contributed by atoms with Gasteiger partial charge in [0, 0.05) is 23.7 Å². The van der Waals surface area contributed by atoms with Crippen LogP contribution in [0.25, 0.3) is 10.8 Å². The zero-order valence-electron chi connectivity index (χ0n) is 10.9. The average molecular weight is 265 g/mol. The van der Waals surface area contributed by atoms with Crippen molar-refractivity contribution in [3.05, 3.63) is 60.3 Å². The van der Waals surface area contributed by atoms with Gasteiger partial charge in [0.2, 0.25) is 0 Å². The number of anilines is 2. The molecule has 2 aromatic carbocycles. The number of nitrogen functional groups attached to an aromatic ring is 1. The number of rotatable bonds is 3. The summed E-state index contributed by atoms with van der Waals surface area (Å²) in [6, 6.07) is 15.3. The van der Waals surface area contributed by atoms with Crippen LogP contribution in [0.3, 0.4) is 0 Å². The first-order chi connectivity index (χ1) is 9.75. The first-order valence-electron chi connectivity index (χ1n) is 6.39. The molecule has 0 fully saturated rings. The van der Waals surface area contributed by atoms with Gasteiger partial charge in [-0.3, -0.25) is 0 Å². The van der Waals surface area contributed by atoms with E-state index in [9.17, 15) is 5.11 Å². The van der Waals surface area contributed by atoms with Crippen molar-refractivity contribution in [2.45, 2.75) is 6.54 Å². The number of aromatic nitrogens is 1. The smallest absolute Gasteiger partial charge is 0.144 e. The molecule has 0 unspecified atom stereocenters. The van der Waals surface area contributed by atoms with Gasteiger partial charge in [0.25, 0.3) is 0 Å². The van der Waals surface area contributed by atoms with Crippen molar-refractivity contribution in [1.82, 2.24) is 4.98 Å². The molecule has 3 rings (SSSR count). The summed E-state index contributed by atoms with van der Waals surface area (Å²) >= 11 is 0. The molecule has 0 bridgehead atoms. The van der Waals surface area contributed by atoms with Gasteiger partial charge in [0.05, 0.1) is 5.69 Å². The molecule has 0 aliphatic carbocycles. The van der Waals surface area contributed by atoms with Crippen LogP contribution in [0, 0.1) is 0 Å². The van der Waals surface area contributed by atoms with Crippen LogP contribution in [0.1, 0.15) is 5.56 Å². The van der Waals surface area contributed by atoms with E-state index < -0.39 is 0 Å². The maximum atomic E-state index is 10.2. The highest BCUT2D eigenvalue weighted by atomic mass is 16.3. The molecule has 0 saturated heterocycles. The van der Waals surface area contributed by atoms with Crippen molar-refractivity contribution in [1.29, 1.82) is 0 Å². The van der Waals surface area contributed by atoms with Gasteiger partial charge < -0.3 is 16.2 Å². The van der Waals surface area contributed by atoms with E-state index in [1.165, 1.54) is 0 Å². The number of phenolic OH excluding ortho intramolecular Hbond substituents is 1. The molecule has 100 valence electrons. The Bertz CT molecular complexity index is 741. The van der Waals surface area contributed by atoms with Crippen LogP contribution in [0.4, 0.5) is 11.5 Å². The van der Waals surface area contributed by atoms with E-state index in [2.05, 4.69) is 10.3 Å². The van der Waals surface area contributed by atoms with Crippen LogP contribution >= 0.6 is 0 Å². The summed E-state index contributed by atoms with van der Waals surface area (Å²) in [5.74, 6) is 0.894. The Morgan fingerprint density at radius 3 is 2.70 bits per heavy atom. The average Bonchev–Trinajstić information content (AvgIpc) is 2.50. The highest BCUT2D eigenvalue weighted by Gasteiger charge is 2.09. The highest BCUT2D eigenvalue weighted by molar-refractivity contribution is 5.96. The fraction of sp³-hybridized carbons (Fsp3) is 0.0625.